The minimum Gasteiger partial charge on any atom is -0.462 e. The monoisotopic (exact) mass is 301 g/mol. The number of fused-ring (bicyclic) bond motifs is 1. The molecule has 0 fully saturated rings. The van der Waals surface area contributed by atoms with E-state index >= 15 is 0 Å². The van der Waals surface area contributed by atoms with Crippen LogP contribution < -0.4 is 0 Å². The second-order valence-corrected chi connectivity index (χ2v) is 4.75. The Morgan fingerprint density at radius 1 is 1.14 bits per heavy atom. The van der Waals surface area contributed by atoms with Crippen molar-refractivity contribution in [2.75, 3.05) is 6.61 Å². The molecule has 112 valence electrons. The summed E-state index contributed by atoms with van der Waals surface area (Å²) in [4.78, 5) is 11.6. The molecule has 0 amide bonds. The number of rotatable bonds is 3. The molecule has 0 bridgehead atoms. The van der Waals surface area contributed by atoms with Gasteiger partial charge >= 0.3 is 5.97 Å². The van der Waals surface area contributed by atoms with Gasteiger partial charge in [0.25, 0.3) is 0 Å². The molecule has 0 spiro atoms. The highest BCUT2D eigenvalue weighted by molar-refractivity contribution is 5.90. The smallest absolute Gasteiger partial charge is 0.338 e. The van der Waals surface area contributed by atoms with Crippen molar-refractivity contribution in [2.24, 2.45) is 0 Å². The van der Waals surface area contributed by atoms with Gasteiger partial charge in [0, 0.05) is 11.6 Å². The van der Waals surface area contributed by atoms with Crippen LogP contribution in [0.3, 0.4) is 0 Å². The lowest BCUT2D eigenvalue weighted by Gasteiger charge is -2.09. The van der Waals surface area contributed by atoms with Crippen molar-refractivity contribution in [1.29, 1.82) is 0 Å². The van der Waals surface area contributed by atoms with Crippen LogP contribution in [0.2, 0.25) is 0 Å². The maximum atomic E-state index is 14.3. The van der Waals surface area contributed by atoms with Gasteiger partial charge in [-0.15, -0.1) is 0 Å². The van der Waals surface area contributed by atoms with Crippen LogP contribution in [0, 0.1) is 11.6 Å². The third-order valence-corrected chi connectivity index (χ3v) is 3.38. The summed E-state index contributed by atoms with van der Waals surface area (Å²) in [6, 6.07) is 10.4. The minimum absolute atomic E-state index is 0.125. The largest absolute Gasteiger partial charge is 0.462 e. The van der Waals surface area contributed by atoms with E-state index < -0.39 is 17.6 Å². The van der Waals surface area contributed by atoms with E-state index in [0.717, 1.165) is 6.07 Å². The quantitative estimate of drug-likeness (QED) is 0.682. The lowest BCUT2D eigenvalue weighted by Crippen LogP contribution is -2.06. The summed E-state index contributed by atoms with van der Waals surface area (Å²) in [5.41, 5.74) is 0.596. The molecular weight excluding hydrogens is 288 g/mol. The van der Waals surface area contributed by atoms with Crippen LogP contribution >= 0.6 is 0 Å². The van der Waals surface area contributed by atoms with Crippen molar-refractivity contribution < 1.29 is 18.3 Å². The van der Waals surface area contributed by atoms with Crippen molar-refractivity contribution in [3.05, 3.63) is 65.9 Å². The SMILES string of the molecule is CCOC(=O)c1ccc(-n2ccc3cccc(F)c32)c(F)c1. The van der Waals surface area contributed by atoms with Gasteiger partial charge in [-0.1, -0.05) is 12.1 Å². The molecule has 2 aromatic carbocycles. The molecule has 1 heterocycles. The van der Waals surface area contributed by atoms with Gasteiger partial charge in [0.2, 0.25) is 0 Å². The van der Waals surface area contributed by atoms with Crippen molar-refractivity contribution in [3.63, 3.8) is 0 Å². The molecule has 1 aromatic heterocycles. The van der Waals surface area contributed by atoms with E-state index in [0.29, 0.717) is 10.9 Å². The Balaban J connectivity index is 2.10. The normalized spacial score (nSPS) is 10.9. The van der Waals surface area contributed by atoms with Gasteiger partial charge in [-0.05, 0) is 37.3 Å². The van der Waals surface area contributed by atoms with Gasteiger partial charge in [0.1, 0.15) is 11.6 Å². The number of carbonyl (C=O) groups is 1. The van der Waals surface area contributed by atoms with Crippen LogP contribution in [0.1, 0.15) is 17.3 Å². The van der Waals surface area contributed by atoms with E-state index in [9.17, 15) is 13.6 Å². The van der Waals surface area contributed by atoms with Gasteiger partial charge in [0.05, 0.1) is 23.4 Å². The molecule has 22 heavy (non-hydrogen) atoms. The standard InChI is InChI=1S/C17H13F2NO2/c1-2-22-17(21)12-6-7-15(14(19)10-12)20-9-8-11-4-3-5-13(18)16(11)20/h3-10H,2H2,1H3. The van der Waals surface area contributed by atoms with Crippen LogP contribution in [-0.2, 0) is 4.74 Å². The number of hydrogen-bond donors (Lipinski definition) is 0. The molecule has 0 N–H and O–H groups in total. The zero-order valence-electron chi connectivity index (χ0n) is 11.8. The van der Waals surface area contributed by atoms with E-state index in [2.05, 4.69) is 0 Å². The van der Waals surface area contributed by atoms with Crippen LogP contribution in [-0.4, -0.2) is 17.1 Å². The van der Waals surface area contributed by atoms with Gasteiger partial charge in [-0.2, -0.15) is 0 Å². The Kier molecular flexibility index (Phi) is 3.63. The molecule has 0 unspecified atom stereocenters. The molecule has 3 aromatic rings. The van der Waals surface area contributed by atoms with Gasteiger partial charge in [-0.25, -0.2) is 13.6 Å². The highest BCUT2D eigenvalue weighted by atomic mass is 19.1. The minimum atomic E-state index is -0.619. The molecule has 0 aliphatic rings. The maximum Gasteiger partial charge on any atom is 0.338 e. The fourth-order valence-electron chi connectivity index (χ4n) is 2.39. The van der Waals surface area contributed by atoms with Crippen LogP contribution in [0.5, 0.6) is 0 Å². The average Bonchev–Trinajstić information content (AvgIpc) is 2.92. The molecule has 0 atom stereocenters. The highest BCUT2D eigenvalue weighted by Gasteiger charge is 2.14. The molecule has 0 radical (unpaired) electrons. The Morgan fingerprint density at radius 2 is 1.95 bits per heavy atom. The van der Waals surface area contributed by atoms with Gasteiger partial charge < -0.3 is 9.30 Å². The fraction of sp³-hybridized carbons (Fsp3) is 0.118. The van der Waals surface area contributed by atoms with Gasteiger partial charge in [0.15, 0.2) is 0 Å². The number of halogens is 2. The Labute approximate surface area is 125 Å². The number of nitrogens with zero attached hydrogens (tertiary/aromatic N) is 1. The van der Waals surface area contributed by atoms with E-state index in [4.69, 9.17) is 4.74 Å². The van der Waals surface area contributed by atoms with Gasteiger partial charge in [-0.3, -0.25) is 0 Å². The number of ether oxygens (including phenoxy) is 1. The molecule has 0 saturated carbocycles. The third-order valence-electron chi connectivity index (χ3n) is 3.38. The summed E-state index contributed by atoms with van der Waals surface area (Å²) in [5.74, 6) is -1.64. The second-order valence-electron chi connectivity index (χ2n) is 4.75. The first-order valence-corrected chi connectivity index (χ1v) is 6.84. The average molecular weight is 301 g/mol. The van der Waals surface area contributed by atoms with Crippen molar-refractivity contribution in [3.8, 4) is 5.69 Å². The first kappa shape index (κ1) is 14.3. The summed E-state index contributed by atoms with van der Waals surface area (Å²) in [7, 11) is 0. The van der Waals surface area contributed by atoms with E-state index in [1.807, 2.05) is 0 Å². The topological polar surface area (TPSA) is 31.2 Å². The number of aromatic nitrogens is 1. The zero-order valence-corrected chi connectivity index (χ0v) is 11.8. The summed E-state index contributed by atoms with van der Waals surface area (Å²) in [5, 5.41) is 0.675. The van der Waals surface area contributed by atoms with Crippen LogP contribution in [0.25, 0.3) is 16.6 Å². The molecule has 3 nitrogen and oxygen atoms in total. The van der Waals surface area contributed by atoms with Crippen molar-refractivity contribution in [1.82, 2.24) is 4.57 Å². The van der Waals surface area contributed by atoms with Crippen LogP contribution in [0.15, 0.2) is 48.7 Å². The van der Waals surface area contributed by atoms with Crippen LogP contribution in [0.4, 0.5) is 8.78 Å². The van der Waals surface area contributed by atoms with Crippen molar-refractivity contribution in [2.45, 2.75) is 6.92 Å². The molecular formula is C17H13F2NO2. The highest BCUT2D eigenvalue weighted by Crippen LogP contribution is 2.25. The Bertz CT molecular complexity index is 855. The molecule has 5 heteroatoms. The Morgan fingerprint density at radius 3 is 2.68 bits per heavy atom. The van der Waals surface area contributed by atoms with E-state index in [1.165, 1.54) is 22.8 Å². The Hall–Kier alpha value is -2.69. The lowest BCUT2D eigenvalue weighted by molar-refractivity contribution is 0.0526. The third kappa shape index (κ3) is 2.35. The zero-order chi connectivity index (χ0) is 15.7. The van der Waals surface area contributed by atoms with E-state index in [-0.39, 0.29) is 17.9 Å². The number of esters is 1. The first-order chi connectivity index (χ1) is 10.6. The summed E-state index contributed by atoms with van der Waals surface area (Å²) in [6.45, 7) is 1.90. The molecule has 0 aliphatic carbocycles. The summed E-state index contributed by atoms with van der Waals surface area (Å²) >= 11 is 0. The molecule has 0 aliphatic heterocycles. The van der Waals surface area contributed by atoms with E-state index in [1.54, 1.807) is 31.3 Å². The van der Waals surface area contributed by atoms with Crippen molar-refractivity contribution >= 4 is 16.9 Å². The fourth-order valence-corrected chi connectivity index (χ4v) is 2.39. The number of carbonyl (C=O) groups excluding carboxylic acids is 1. The number of para-hydroxylation sites is 1. The first-order valence-electron chi connectivity index (χ1n) is 6.84. The predicted octanol–water partition coefficient (Wildman–Crippen LogP) is 4.09. The molecule has 0 saturated heterocycles. The predicted molar refractivity (Wildman–Crippen MR) is 79.1 cm³/mol. The summed E-state index contributed by atoms with van der Waals surface area (Å²) < 4.78 is 34.6. The number of hydrogen-bond acceptors (Lipinski definition) is 2. The maximum absolute atomic E-state index is 14.3. The number of benzene rings is 2. The molecule has 3 rings (SSSR count). The second kappa shape index (κ2) is 5.60. The lowest BCUT2D eigenvalue weighted by atomic mass is 10.2. The summed E-state index contributed by atoms with van der Waals surface area (Å²) in [6.07, 6.45) is 1.59.